The average Bonchev–Trinajstić information content (AvgIpc) is 3.17. The molecule has 2 aliphatic heterocycles. The van der Waals surface area contributed by atoms with Crippen LogP contribution in [0.2, 0.25) is 0 Å². The molecule has 2 amide bonds. The lowest BCUT2D eigenvalue weighted by Crippen LogP contribution is -2.50. The zero-order valence-corrected chi connectivity index (χ0v) is 15.4. The van der Waals surface area contributed by atoms with E-state index in [4.69, 9.17) is 0 Å². The third kappa shape index (κ3) is 3.47. The molecule has 1 aromatic heterocycles. The summed E-state index contributed by atoms with van der Waals surface area (Å²) >= 11 is 1.54. The summed E-state index contributed by atoms with van der Waals surface area (Å²) in [7, 11) is 1.87. The van der Waals surface area contributed by atoms with Crippen LogP contribution in [0.5, 0.6) is 0 Å². The van der Waals surface area contributed by atoms with Gasteiger partial charge in [0.2, 0.25) is 5.91 Å². The highest BCUT2D eigenvalue weighted by molar-refractivity contribution is 7.10. The van der Waals surface area contributed by atoms with Gasteiger partial charge in [0.05, 0.1) is 11.6 Å². The fourth-order valence-electron chi connectivity index (χ4n) is 3.59. The maximum atomic E-state index is 12.5. The Morgan fingerprint density at radius 1 is 1.29 bits per heavy atom. The van der Waals surface area contributed by atoms with E-state index in [0.29, 0.717) is 11.6 Å². The van der Waals surface area contributed by atoms with Crippen LogP contribution in [-0.2, 0) is 4.79 Å². The molecule has 2 aliphatic rings. The number of carbonyl (C=O) groups is 2. The SMILES string of the molecule is CC(C)c1scnc1C(=O)NC1CCN([C@H]2CCN(C)C2=O)CC1. The van der Waals surface area contributed by atoms with Gasteiger partial charge in [-0.3, -0.25) is 14.5 Å². The normalized spacial score (nSPS) is 23.2. The molecule has 3 rings (SSSR count). The Bertz CT molecular complexity index is 607. The molecule has 2 saturated heterocycles. The molecular weight excluding hydrogens is 324 g/mol. The van der Waals surface area contributed by atoms with Gasteiger partial charge >= 0.3 is 0 Å². The highest BCUT2D eigenvalue weighted by Crippen LogP contribution is 2.24. The fraction of sp³-hybridized carbons (Fsp3) is 0.706. The van der Waals surface area contributed by atoms with E-state index in [1.54, 1.807) is 16.8 Å². The van der Waals surface area contributed by atoms with Crippen molar-refractivity contribution in [1.29, 1.82) is 0 Å². The second-order valence-corrected chi connectivity index (χ2v) is 7.95. The number of likely N-dealkylation sites (tertiary alicyclic amines) is 2. The van der Waals surface area contributed by atoms with Gasteiger partial charge in [0.15, 0.2) is 0 Å². The number of amides is 2. The minimum Gasteiger partial charge on any atom is -0.348 e. The summed E-state index contributed by atoms with van der Waals surface area (Å²) in [5.74, 6) is 0.488. The smallest absolute Gasteiger partial charge is 0.271 e. The molecule has 0 aliphatic carbocycles. The summed E-state index contributed by atoms with van der Waals surface area (Å²) < 4.78 is 0. The van der Waals surface area contributed by atoms with Crippen molar-refractivity contribution in [3.05, 3.63) is 16.1 Å². The van der Waals surface area contributed by atoms with Crippen LogP contribution < -0.4 is 5.32 Å². The number of likely N-dealkylation sites (N-methyl/N-ethyl adjacent to an activating group) is 1. The number of nitrogens with one attached hydrogen (secondary N) is 1. The summed E-state index contributed by atoms with van der Waals surface area (Å²) in [6.45, 7) is 6.74. The molecule has 0 aromatic carbocycles. The zero-order valence-electron chi connectivity index (χ0n) is 14.6. The molecule has 0 bridgehead atoms. The molecule has 1 N–H and O–H groups in total. The number of aromatic nitrogens is 1. The summed E-state index contributed by atoms with van der Waals surface area (Å²) in [4.78, 5) is 34.0. The van der Waals surface area contributed by atoms with E-state index in [9.17, 15) is 9.59 Å². The summed E-state index contributed by atoms with van der Waals surface area (Å²) in [5.41, 5.74) is 2.32. The molecule has 3 heterocycles. The number of hydrogen-bond donors (Lipinski definition) is 1. The zero-order chi connectivity index (χ0) is 17.3. The third-order valence-corrected chi connectivity index (χ3v) is 6.17. The van der Waals surface area contributed by atoms with Crippen LogP contribution in [0.25, 0.3) is 0 Å². The Morgan fingerprint density at radius 3 is 2.58 bits per heavy atom. The number of carbonyl (C=O) groups excluding carboxylic acids is 2. The van der Waals surface area contributed by atoms with E-state index in [0.717, 1.165) is 43.8 Å². The van der Waals surface area contributed by atoms with E-state index in [1.807, 2.05) is 11.9 Å². The van der Waals surface area contributed by atoms with Crippen molar-refractivity contribution in [2.75, 3.05) is 26.7 Å². The Hall–Kier alpha value is -1.47. The van der Waals surface area contributed by atoms with Gasteiger partial charge in [-0.15, -0.1) is 11.3 Å². The van der Waals surface area contributed by atoms with E-state index in [-0.39, 0.29) is 23.9 Å². The molecule has 1 aromatic rings. The molecule has 0 saturated carbocycles. The van der Waals surface area contributed by atoms with Crippen molar-refractivity contribution in [2.24, 2.45) is 0 Å². The first-order valence-corrected chi connectivity index (χ1v) is 9.58. The molecule has 1 atom stereocenters. The predicted octanol–water partition coefficient (Wildman–Crippen LogP) is 1.69. The van der Waals surface area contributed by atoms with E-state index < -0.39 is 0 Å². The highest BCUT2D eigenvalue weighted by Gasteiger charge is 2.36. The first-order valence-electron chi connectivity index (χ1n) is 8.70. The van der Waals surface area contributed by atoms with Gasteiger partial charge in [0, 0.05) is 37.6 Å². The Morgan fingerprint density at radius 2 is 2.00 bits per heavy atom. The van der Waals surface area contributed by atoms with Crippen molar-refractivity contribution in [3.8, 4) is 0 Å². The molecule has 6 nitrogen and oxygen atoms in total. The number of hydrogen-bond acceptors (Lipinski definition) is 5. The largest absolute Gasteiger partial charge is 0.348 e. The second kappa shape index (κ2) is 7.19. The minimum absolute atomic E-state index is 0.0396. The molecule has 0 radical (unpaired) electrons. The van der Waals surface area contributed by atoms with E-state index >= 15 is 0 Å². The number of rotatable bonds is 4. The molecular formula is C17H26N4O2S. The maximum Gasteiger partial charge on any atom is 0.271 e. The quantitative estimate of drug-likeness (QED) is 0.897. The minimum atomic E-state index is -0.0601. The van der Waals surface area contributed by atoms with Crippen LogP contribution in [0.15, 0.2) is 5.51 Å². The maximum absolute atomic E-state index is 12.5. The Labute approximate surface area is 147 Å². The molecule has 2 fully saturated rings. The first kappa shape index (κ1) is 17.4. The van der Waals surface area contributed by atoms with Crippen molar-refractivity contribution in [1.82, 2.24) is 20.1 Å². The van der Waals surface area contributed by atoms with Gasteiger partial charge < -0.3 is 10.2 Å². The molecule has 0 unspecified atom stereocenters. The predicted molar refractivity (Wildman–Crippen MR) is 94.3 cm³/mol. The van der Waals surface area contributed by atoms with Crippen LogP contribution in [0.1, 0.15) is 54.4 Å². The van der Waals surface area contributed by atoms with Crippen LogP contribution >= 0.6 is 11.3 Å². The molecule has 24 heavy (non-hydrogen) atoms. The monoisotopic (exact) mass is 350 g/mol. The molecule has 132 valence electrons. The van der Waals surface area contributed by atoms with Crippen molar-refractivity contribution in [2.45, 2.75) is 51.1 Å². The van der Waals surface area contributed by atoms with Crippen molar-refractivity contribution >= 4 is 23.2 Å². The summed E-state index contributed by atoms with van der Waals surface area (Å²) in [6, 6.07) is 0.211. The van der Waals surface area contributed by atoms with Gasteiger partial charge in [-0.1, -0.05) is 13.8 Å². The van der Waals surface area contributed by atoms with E-state index in [1.165, 1.54) is 0 Å². The van der Waals surface area contributed by atoms with Gasteiger partial charge in [-0.2, -0.15) is 0 Å². The highest BCUT2D eigenvalue weighted by atomic mass is 32.1. The Balaban J connectivity index is 1.53. The van der Waals surface area contributed by atoms with E-state index in [2.05, 4.69) is 29.0 Å². The average molecular weight is 350 g/mol. The lowest BCUT2D eigenvalue weighted by Gasteiger charge is -2.35. The van der Waals surface area contributed by atoms with Crippen molar-refractivity contribution < 1.29 is 9.59 Å². The van der Waals surface area contributed by atoms with Crippen LogP contribution in [-0.4, -0.2) is 65.4 Å². The topological polar surface area (TPSA) is 65.5 Å². The van der Waals surface area contributed by atoms with Crippen LogP contribution in [0, 0.1) is 0 Å². The van der Waals surface area contributed by atoms with Gasteiger partial charge in [0.1, 0.15) is 5.69 Å². The van der Waals surface area contributed by atoms with Crippen LogP contribution in [0.4, 0.5) is 0 Å². The summed E-state index contributed by atoms with van der Waals surface area (Å²) in [6.07, 6.45) is 2.70. The first-order chi connectivity index (χ1) is 11.5. The standard InChI is InChI=1S/C17H26N4O2S/c1-11(2)15-14(18-10-24-15)16(22)19-12-4-8-21(9-5-12)13-6-7-20(3)17(13)23/h10-13H,4-9H2,1-3H3,(H,19,22)/t13-/m0/s1. The van der Waals surface area contributed by atoms with Gasteiger partial charge in [-0.25, -0.2) is 4.98 Å². The molecule has 0 spiro atoms. The third-order valence-electron chi connectivity index (χ3n) is 5.04. The Kier molecular flexibility index (Phi) is 5.20. The molecule has 7 heteroatoms. The number of thiazole rings is 1. The lowest BCUT2D eigenvalue weighted by molar-refractivity contribution is -0.131. The number of piperidine rings is 1. The van der Waals surface area contributed by atoms with Crippen LogP contribution in [0.3, 0.4) is 0 Å². The van der Waals surface area contributed by atoms with Gasteiger partial charge in [-0.05, 0) is 25.2 Å². The number of nitrogens with zero attached hydrogens (tertiary/aromatic N) is 3. The second-order valence-electron chi connectivity index (χ2n) is 7.07. The van der Waals surface area contributed by atoms with Gasteiger partial charge in [0.25, 0.3) is 5.91 Å². The fourth-order valence-corrected chi connectivity index (χ4v) is 4.39. The van der Waals surface area contributed by atoms with Crippen molar-refractivity contribution in [3.63, 3.8) is 0 Å². The summed E-state index contributed by atoms with van der Waals surface area (Å²) in [5, 5.41) is 3.13. The lowest BCUT2D eigenvalue weighted by atomic mass is 10.0.